The van der Waals surface area contributed by atoms with Crippen LogP contribution >= 0.6 is 0 Å². The zero-order valence-electron chi connectivity index (χ0n) is 7.23. The van der Waals surface area contributed by atoms with Gasteiger partial charge in [-0.25, -0.2) is 0 Å². The SMILES string of the molecule is CC(C=O)c1ccc(O)cc1C=O. The van der Waals surface area contributed by atoms with Gasteiger partial charge >= 0.3 is 0 Å². The van der Waals surface area contributed by atoms with E-state index in [-0.39, 0.29) is 11.7 Å². The second-order valence-electron chi connectivity index (χ2n) is 2.86. The molecule has 1 atom stereocenters. The van der Waals surface area contributed by atoms with Crippen molar-refractivity contribution in [3.63, 3.8) is 0 Å². The first-order valence-corrected chi connectivity index (χ1v) is 3.92. The molecule has 1 N–H and O–H groups in total. The Hall–Kier alpha value is -1.64. The minimum absolute atomic E-state index is 0.0314. The molecule has 1 aromatic rings. The van der Waals surface area contributed by atoms with E-state index in [1.807, 2.05) is 0 Å². The molecule has 1 rings (SSSR count). The lowest BCUT2D eigenvalue weighted by atomic mass is 9.97. The summed E-state index contributed by atoms with van der Waals surface area (Å²) in [6.07, 6.45) is 1.40. The van der Waals surface area contributed by atoms with Gasteiger partial charge in [0.1, 0.15) is 18.3 Å². The van der Waals surface area contributed by atoms with Crippen LogP contribution < -0.4 is 0 Å². The largest absolute Gasteiger partial charge is 0.508 e. The Kier molecular flexibility index (Phi) is 2.80. The van der Waals surface area contributed by atoms with Crippen molar-refractivity contribution in [1.29, 1.82) is 0 Å². The van der Waals surface area contributed by atoms with Gasteiger partial charge in [0, 0.05) is 11.5 Å². The molecule has 3 heteroatoms. The molecule has 0 aliphatic heterocycles. The average Bonchev–Trinajstić information content (AvgIpc) is 2.16. The lowest BCUT2D eigenvalue weighted by molar-refractivity contribution is -0.108. The molecule has 0 heterocycles. The molecule has 0 aliphatic rings. The predicted molar refractivity (Wildman–Crippen MR) is 48.0 cm³/mol. The Bertz CT molecular complexity index is 331. The number of hydrogen-bond acceptors (Lipinski definition) is 3. The fourth-order valence-corrected chi connectivity index (χ4v) is 1.15. The second kappa shape index (κ2) is 3.85. The summed E-state index contributed by atoms with van der Waals surface area (Å²) in [6, 6.07) is 4.39. The van der Waals surface area contributed by atoms with Crippen LogP contribution in [0.5, 0.6) is 5.75 Å². The van der Waals surface area contributed by atoms with Gasteiger partial charge in [0.15, 0.2) is 0 Å². The predicted octanol–water partition coefficient (Wildman–Crippen LogP) is 1.51. The summed E-state index contributed by atoms with van der Waals surface area (Å²) in [7, 11) is 0. The fraction of sp³-hybridized carbons (Fsp3) is 0.200. The summed E-state index contributed by atoms with van der Waals surface area (Å²) >= 11 is 0. The molecular weight excluding hydrogens is 168 g/mol. The maximum absolute atomic E-state index is 10.6. The molecule has 68 valence electrons. The molecule has 0 saturated carbocycles. The Morgan fingerprint density at radius 3 is 2.62 bits per heavy atom. The third kappa shape index (κ3) is 1.93. The van der Waals surface area contributed by atoms with Crippen LogP contribution in [-0.2, 0) is 4.79 Å². The molecule has 13 heavy (non-hydrogen) atoms. The van der Waals surface area contributed by atoms with Gasteiger partial charge in [0.25, 0.3) is 0 Å². The van der Waals surface area contributed by atoms with Gasteiger partial charge in [-0.2, -0.15) is 0 Å². The summed E-state index contributed by atoms with van der Waals surface area (Å²) in [4.78, 5) is 21.1. The number of rotatable bonds is 3. The topological polar surface area (TPSA) is 54.4 Å². The summed E-state index contributed by atoms with van der Waals surface area (Å²) in [5.74, 6) is -0.287. The highest BCUT2D eigenvalue weighted by molar-refractivity contribution is 5.81. The quantitative estimate of drug-likeness (QED) is 0.713. The Balaban J connectivity index is 3.20. The van der Waals surface area contributed by atoms with E-state index < -0.39 is 0 Å². The number of phenolic OH excluding ortho intramolecular Hbond substituents is 1. The first-order valence-electron chi connectivity index (χ1n) is 3.92. The van der Waals surface area contributed by atoms with Crippen molar-refractivity contribution < 1.29 is 14.7 Å². The van der Waals surface area contributed by atoms with Crippen LogP contribution in [0.25, 0.3) is 0 Å². The summed E-state index contributed by atoms with van der Waals surface area (Å²) in [5, 5.41) is 9.08. The summed E-state index contributed by atoms with van der Waals surface area (Å²) in [5.41, 5.74) is 1.00. The van der Waals surface area contributed by atoms with Gasteiger partial charge in [-0.05, 0) is 17.7 Å². The van der Waals surface area contributed by atoms with Crippen LogP contribution in [0.1, 0.15) is 28.8 Å². The van der Waals surface area contributed by atoms with E-state index >= 15 is 0 Å². The zero-order valence-corrected chi connectivity index (χ0v) is 7.23. The van der Waals surface area contributed by atoms with Gasteiger partial charge in [0.2, 0.25) is 0 Å². The Morgan fingerprint density at radius 1 is 1.38 bits per heavy atom. The molecule has 0 radical (unpaired) electrons. The highest BCUT2D eigenvalue weighted by atomic mass is 16.3. The van der Waals surface area contributed by atoms with E-state index in [2.05, 4.69) is 0 Å². The molecule has 0 saturated heterocycles. The molecule has 0 fully saturated rings. The lowest BCUT2D eigenvalue weighted by Gasteiger charge is -2.06. The van der Waals surface area contributed by atoms with Crippen molar-refractivity contribution in [3.05, 3.63) is 29.3 Å². The molecule has 0 amide bonds. The first-order chi connectivity index (χ1) is 6.19. The number of carbonyl (C=O) groups is 2. The van der Waals surface area contributed by atoms with Crippen molar-refractivity contribution in [1.82, 2.24) is 0 Å². The van der Waals surface area contributed by atoms with Gasteiger partial charge in [-0.1, -0.05) is 13.0 Å². The number of benzene rings is 1. The van der Waals surface area contributed by atoms with Crippen molar-refractivity contribution in [2.75, 3.05) is 0 Å². The fourth-order valence-electron chi connectivity index (χ4n) is 1.15. The highest BCUT2D eigenvalue weighted by Gasteiger charge is 2.09. The normalized spacial score (nSPS) is 12.1. The monoisotopic (exact) mass is 178 g/mol. The van der Waals surface area contributed by atoms with Crippen LogP contribution in [0.2, 0.25) is 0 Å². The molecule has 1 aromatic carbocycles. The van der Waals surface area contributed by atoms with Crippen LogP contribution in [0.3, 0.4) is 0 Å². The average molecular weight is 178 g/mol. The number of hydrogen-bond donors (Lipinski definition) is 1. The molecule has 1 unspecified atom stereocenters. The third-order valence-corrected chi connectivity index (χ3v) is 1.89. The van der Waals surface area contributed by atoms with E-state index in [9.17, 15) is 9.59 Å². The third-order valence-electron chi connectivity index (χ3n) is 1.89. The zero-order chi connectivity index (χ0) is 9.84. The molecule has 0 bridgehead atoms. The maximum Gasteiger partial charge on any atom is 0.150 e. The lowest BCUT2D eigenvalue weighted by Crippen LogP contribution is -1.99. The van der Waals surface area contributed by atoms with Crippen LogP contribution in [-0.4, -0.2) is 17.7 Å². The van der Waals surface area contributed by atoms with E-state index in [4.69, 9.17) is 5.11 Å². The second-order valence-corrected chi connectivity index (χ2v) is 2.86. The molecular formula is C10H10O3. The summed E-state index contributed by atoms with van der Waals surface area (Å²) in [6.45, 7) is 1.70. The van der Waals surface area contributed by atoms with Crippen molar-refractivity contribution >= 4 is 12.6 Å². The Labute approximate surface area is 76.0 Å². The van der Waals surface area contributed by atoms with Crippen molar-refractivity contribution in [3.8, 4) is 5.75 Å². The van der Waals surface area contributed by atoms with Crippen LogP contribution in [0.15, 0.2) is 18.2 Å². The number of phenols is 1. The van der Waals surface area contributed by atoms with Crippen LogP contribution in [0, 0.1) is 0 Å². The van der Waals surface area contributed by atoms with E-state index in [0.717, 1.165) is 6.29 Å². The minimum atomic E-state index is -0.319. The molecule has 3 nitrogen and oxygen atoms in total. The van der Waals surface area contributed by atoms with Gasteiger partial charge in [-0.3, -0.25) is 4.79 Å². The molecule has 0 aliphatic carbocycles. The Morgan fingerprint density at radius 2 is 2.08 bits per heavy atom. The maximum atomic E-state index is 10.6. The first kappa shape index (κ1) is 9.45. The highest BCUT2D eigenvalue weighted by Crippen LogP contribution is 2.21. The van der Waals surface area contributed by atoms with E-state index in [1.54, 1.807) is 13.0 Å². The van der Waals surface area contributed by atoms with E-state index in [1.165, 1.54) is 12.1 Å². The van der Waals surface area contributed by atoms with Crippen LogP contribution in [0.4, 0.5) is 0 Å². The standard InChI is InChI=1S/C10H10O3/c1-7(5-11)10-3-2-9(13)4-8(10)6-12/h2-7,13H,1H3. The molecule has 0 spiro atoms. The van der Waals surface area contributed by atoms with E-state index in [0.29, 0.717) is 17.4 Å². The summed E-state index contributed by atoms with van der Waals surface area (Å²) < 4.78 is 0. The minimum Gasteiger partial charge on any atom is -0.508 e. The van der Waals surface area contributed by atoms with Gasteiger partial charge in [-0.15, -0.1) is 0 Å². The smallest absolute Gasteiger partial charge is 0.150 e. The molecule has 0 aromatic heterocycles. The van der Waals surface area contributed by atoms with Crippen molar-refractivity contribution in [2.24, 2.45) is 0 Å². The number of aldehydes is 2. The van der Waals surface area contributed by atoms with Gasteiger partial charge < -0.3 is 9.90 Å². The number of aromatic hydroxyl groups is 1. The number of carbonyl (C=O) groups excluding carboxylic acids is 2. The van der Waals surface area contributed by atoms with Gasteiger partial charge in [0.05, 0.1) is 0 Å². The van der Waals surface area contributed by atoms with Crippen molar-refractivity contribution in [2.45, 2.75) is 12.8 Å².